The molecule has 0 bridgehead atoms. The quantitative estimate of drug-likeness (QED) is 0.777. The Kier molecular flexibility index (Phi) is 3.47. The van der Waals surface area contributed by atoms with Crippen LogP contribution in [0.2, 0.25) is 0 Å². The first-order valence-electron chi connectivity index (χ1n) is 8.06. The van der Waals surface area contributed by atoms with Crippen molar-refractivity contribution in [2.24, 2.45) is 0 Å². The fraction of sp³-hybridized carbons (Fsp3) is 0.471. The second kappa shape index (κ2) is 5.32. The lowest BCUT2D eigenvalue weighted by molar-refractivity contribution is 0.0384. The number of piperazine rings is 1. The Hall–Kier alpha value is -1.86. The molecule has 6 nitrogen and oxygen atoms in total. The normalized spacial score (nSPS) is 26.7. The van der Waals surface area contributed by atoms with Crippen molar-refractivity contribution in [1.82, 2.24) is 9.80 Å². The van der Waals surface area contributed by atoms with Crippen LogP contribution in [0.15, 0.2) is 28.7 Å². The topological polar surface area (TPSA) is 70.8 Å². The minimum atomic E-state index is -3.11. The molecule has 2 aliphatic heterocycles. The van der Waals surface area contributed by atoms with Gasteiger partial charge in [0.15, 0.2) is 15.6 Å². The number of benzene rings is 1. The number of nitrogens with zero attached hydrogens (tertiary/aromatic N) is 2. The number of fused-ring (bicyclic) bond motifs is 2. The van der Waals surface area contributed by atoms with Gasteiger partial charge in [0.25, 0.3) is 5.91 Å². The van der Waals surface area contributed by atoms with E-state index in [1.54, 1.807) is 11.0 Å². The fourth-order valence-electron chi connectivity index (χ4n) is 3.83. The van der Waals surface area contributed by atoms with Crippen molar-refractivity contribution in [2.45, 2.75) is 19.0 Å². The summed E-state index contributed by atoms with van der Waals surface area (Å²) in [6, 6.07) is 7.11. The molecule has 2 fully saturated rings. The molecule has 1 aromatic carbocycles. The van der Waals surface area contributed by atoms with E-state index in [-0.39, 0.29) is 35.3 Å². The number of furan rings is 1. The highest BCUT2D eigenvalue weighted by Gasteiger charge is 2.47. The molecule has 4 rings (SSSR count). The van der Waals surface area contributed by atoms with Crippen molar-refractivity contribution in [1.29, 1.82) is 0 Å². The monoisotopic (exact) mass is 348 g/mol. The fourth-order valence-corrected chi connectivity index (χ4v) is 5.89. The molecule has 2 saturated heterocycles. The van der Waals surface area contributed by atoms with Gasteiger partial charge in [0.05, 0.1) is 17.5 Å². The van der Waals surface area contributed by atoms with Gasteiger partial charge < -0.3 is 9.32 Å². The molecule has 0 unspecified atom stereocenters. The molecular formula is C17H20N2O4S. The summed E-state index contributed by atoms with van der Waals surface area (Å²) < 4.78 is 29.9. The number of rotatable bonds is 1. The minimum Gasteiger partial charge on any atom is -0.451 e. The molecular weight excluding hydrogens is 328 g/mol. The molecule has 2 atom stereocenters. The number of hydrogen-bond acceptors (Lipinski definition) is 5. The zero-order chi connectivity index (χ0) is 17.1. The van der Waals surface area contributed by atoms with E-state index in [0.29, 0.717) is 18.7 Å². The van der Waals surface area contributed by atoms with Gasteiger partial charge >= 0.3 is 0 Å². The molecule has 2 aliphatic rings. The van der Waals surface area contributed by atoms with Gasteiger partial charge in [-0.2, -0.15) is 0 Å². The van der Waals surface area contributed by atoms with Gasteiger partial charge in [-0.1, -0.05) is 18.2 Å². The number of aryl methyl sites for hydroxylation is 1. The van der Waals surface area contributed by atoms with Crippen LogP contribution >= 0.6 is 0 Å². The lowest BCUT2D eigenvalue weighted by Gasteiger charge is -2.41. The molecule has 7 heteroatoms. The summed E-state index contributed by atoms with van der Waals surface area (Å²) in [4.78, 5) is 16.7. The summed E-state index contributed by atoms with van der Waals surface area (Å²) in [7, 11) is -1.19. The molecule has 0 aliphatic carbocycles. The zero-order valence-corrected chi connectivity index (χ0v) is 14.5. The third-order valence-corrected chi connectivity index (χ3v) is 6.87. The van der Waals surface area contributed by atoms with Crippen LogP contribution < -0.4 is 0 Å². The Morgan fingerprint density at radius 3 is 2.71 bits per heavy atom. The molecule has 0 saturated carbocycles. The first-order chi connectivity index (χ1) is 11.4. The van der Waals surface area contributed by atoms with Crippen LogP contribution in [0.1, 0.15) is 16.1 Å². The van der Waals surface area contributed by atoms with E-state index in [4.69, 9.17) is 4.42 Å². The standard InChI is InChI=1S/C17H20N2O4S/c1-11-4-3-5-12-8-15(23-16(11)12)17(20)19-7-6-18(2)13-9-24(21,22)10-14(13)19/h3-5,8,13-14H,6-7,9-10H2,1-2H3/t13-,14+/m1/s1. The number of carbonyl (C=O) groups is 1. The van der Waals surface area contributed by atoms with Crippen LogP contribution in [-0.4, -0.2) is 67.9 Å². The van der Waals surface area contributed by atoms with E-state index in [9.17, 15) is 13.2 Å². The van der Waals surface area contributed by atoms with Gasteiger partial charge in [-0.15, -0.1) is 0 Å². The third kappa shape index (κ3) is 2.43. The molecule has 0 N–H and O–H groups in total. The maximum atomic E-state index is 13.0. The highest BCUT2D eigenvalue weighted by atomic mass is 32.2. The highest BCUT2D eigenvalue weighted by Crippen LogP contribution is 2.29. The Balaban J connectivity index is 1.69. The van der Waals surface area contributed by atoms with Crippen molar-refractivity contribution in [3.8, 4) is 0 Å². The Labute approximate surface area is 140 Å². The van der Waals surface area contributed by atoms with Crippen molar-refractivity contribution >= 4 is 26.7 Å². The number of sulfone groups is 1. The van der Waals surface area contributed by atoms with E-state index in [0.717, 1.165) is 10.9 Å². The van der Waals surface area contributed by atoms with Crippen molar-refractivity contribution < 1.29 is 17.6 Å². The Morgan fingerprint density at radius 2 is 1.96 bits per heavy atom. The van der Waals surface area contributed by atoms with E-state index in [1.165, 1.54) is 0 Å². The van der Waals surface area contributed by atoms with Gasteiger partial charge in [0, 0.05) is 24.5 Å². The number of para-hydroxylation sites is 1. The second-order valence-corrected chi connectivity index (χ2v) is 8.95. The first kappa shape index (κ1) is 15.7. The molecule has 24 heavy (non-hydrogen) atoms. The molecule has 3 heterocycles. The largest absolute Gasteiger partial charge is 0.451 e. The van der Waals surface area contributed by atoms with Crippen LogP contribution in [0.4, 0.5) is 0 Å². The molecule has 128 valence electrons. The highest BCUT2D eigenvalue weighted by molar-refractivity contribution is 7.91. The summed E-state index contributed by atoms with van der Waals surface area (Å²) >= 11 is 0. The molecule has 0 radical (unpaired) electrons. The summed E-state index contributed by atoms with van der Waals surface area (Å²) in [5, 5.41) is 0.892. The van der Waals surface area contributed by atoms with E-state index >= 15 is 0 Å². The van der Waals surface area contributed by atoms with E-state index in [1.807, 2.05) is 37.1 Å². The second-order valence-electron chi connectivity index (χ2n) is 6.79. The lowest BCUT2D eigenvalue weighted by Crippen LogP contribution is -2.59. The maximum absolute atomic E-state index is 13.0. The number of carbonyl (C=O) groups excluding carboxylic acids is 1. The molecule has 1 amide bonds. The smallest absolute Gasteiger partial charge is 0.289 e. The summed E-state index contributed by atoms with van der Waals surface area (Å²) in [5.41, 5.74) is 1.69. The average Bonchev–Trinajstić information content (AvgIpc) is 3.09. The first-order valence-corrected chi connectivity index (χ1v) is 9.89. The van der Waals surface area contributed by atoms with Gasteiger partial charge in [-0.25, -0.2) is 8.42 Å². The SMILES string of the molecule is Cc1cccc2cc(C(=O)N3CCN(C)[C@@H]4CS(=O)(=O)C[C@@H]43)oc12. The van der Waals surface area contributed by atoms with Crippen LogP contribution in [0.5, 0.6) is 0 Å². The van der Waals surface area contributed by atoms with Gasteiger partial charge in [-0.3, -0.25) is 9.69 Å². The lowest BCUT2D eigenvalue weighted by atomic mass is 10.1. The maximum Gasteiger partial charge on any atom is 0.289 e. The zero-order valence-electron chi connectivity index (χ0n) is 13.7. The van der Waals surface area contributed by atoms with Crippen molar-refractivity contribution in [3.05, 3.63) is 35.6 Å². The molecule has 2 aromatic rings. The van der Waals surface area contributed by atoms with Crippen LogP contribution in [0, 0.1) is 6.92 Å². The van der Waals surface area contributed by atoms with E-state index in [2.05, 4.69) is 0 Å². The predicted octanol–water partition coefficient (Wildman–Crippen LogP) is 1.29. The number of hydrogen-bond donors (Lipinski definition) is 0. The number of likely N-dealkylation sites (N-methyl/N-ethyl adjacent to an activating group) is 1. The average molecular weight is 348 g/mol. The summed E-state index contributed by atoms with van der Waals surface area (Å²) in [6.07, 6.45) is 0. The van der Waals surface area contributed by atoms with Crippen molar-refractivity contribution in [2.75, 3.05) is 31.6 Å². The van der Waals surface area contributed by atoms with Crippen molar-refractivity contribution in [3.63, 3.8) is 0 Å². The van der Waals surface area contributed by atoms with Gasteiger partial charge in [0.1, 0.15) is 5.58 Å². The van der Waals surface area contributed by atoms with Crippen LogP contribution in [0.3, 0.4) is 0 Å². The Morgan fingerprint density at radius 1 is 1.21 bits per heavy atom. The minimum absolute atomic E-state index is 0.0347. The predicted molar refractivity (Wildman–Crippen MR) is 90.8 cm³/mol. The summed E-state index contributed by atoms with van der Waals surface area (Å²) in [6.45, 7) is 3.12. The van der Waals surface area contributed by atoms with Gasteiger partial charge in [0.2, 0.25) is 0 Å². The third-order valence-electron chi connectivity index (χ3n) is 5.17. The van der Waals surface area contributed by atoms with E-state index < -0.39 is 9.84 Å². The van der Waals surface area contributed by atoms with Gasteiger partial charge in [-0.05, 0) is 25.6 Å². The van der Waals surface area contributed by atoms with Crippen LogP contribution in [-0.2, 0) is 9.84 Å². The molecule has 1 aromatic heterocycles. The summed E-state index contributed by atoms with van der Waals surface area (Å²) in [5.74, 6) is 0.224. The van der Waals surface area contributed by atoms with Crippen LogP contribution in [0.25, 0.3) is 11.0 Å². The molecule has 0 spiro atoms. The Bertz CT molecular complexity index is 918. The number of amides is 1.